The van der Waals surface area contributed by atoms with Crippen LogP contribution in [0, 0.1) is 0 Å². The van der Waals surface area contributed by atoms with Crippen LogP contribution in [0.3, 0.4) is 0 Å². The van der Waals surface area contributed by atoms with Gasteiger partial charge in [0.15, 0.2) is 0 Å². The molecule has 0 bridgehead atoms. The van der Waals surface area contributed by atoms with Gasteiger partial charge in [-0.25, -0.2) is 0 Å². The van der Waals surface area contributed by atoms with Crippen molar-refractivity contribution in [1.82, 2.24) is 15.5 Å². The van der Waals surface area contributed by atoms with Gasteiger partial charge in [-0.15, -0.1) is 0 Å². The van der Waals surface area contributed by atoms with Crippen molar-refractivity contribution < 1.29 is 0 Å². The summed E-state index contributed by atoms with van der Waals surface area (Å²) in [4.78, 5) is 2.32. The van der Waals surface area contributed by atoms with E-state index in [1.807, 2.05) is 7.05 Å². The fraction of sp³-hybridized carbons (Fsp3) is 1.00. The van der Waals surface area contributed by atoms with Gasteiger partial charge in [0, 0.05) is 18.1 Å². The van der Waals surface area contributed by atoms with Crippen LogP contribution in [0.2, 0.25) is 0 Å². The lowest BCUT2D eigenvalue weighted by atomic mass is 9.93. The minimum atomic E-state index is 0.578. The molecular formula is C9H21N3. The van der Waals surface area contributed by atoms with Crippen molar-refractivity contribution in [3.05, 3.63) is 0 Å². The number of piperidine rings is 1. The van der Waals surface area contributed by atoms with Gasteiger partial charge in [-0.05, 0) is 41.0 Å². The standard InChI is InChI=1S/C9H21N3/c1-7-9(10-2)8(12(3)4)5-6-11-7/h7-11H,5-6H2,1-4H3. The Kier molecular flexibility index (Phi) is 3.50. The largest absolute Gasteiger partial charge is 0.314 e. The summed E-state index contributed by atoms with van der Waals surface area (Å²) in [6.07, 6.45) is 1.24. The molecule has 3 heteroatoms. The van der Waals surface area contributed by atoms with Crippen LogP contribution in [-0.2, 0) is 0 Å². The van der Waals surface area contributed by atoms with E-state index in [1.165, 1.54) is 6.42 Å². The molecule has 1 aliphatic rings. The number of rotatable bonds is 2. The first-order valence-electron chi connectivity index (χ1n) is 4.74. The van der Waals surface area contributed by atoms with Crippen LogP contribution in [0.25, 0.3) is 0 Å². The monoisotopic (exact) mass is 171 g/mol. The van der Waals surface area contributed by atoms with Crippen LogP contribution in [-0.4, -0.2) is 50.7 Å². The van der Waals surface area contributed by atoms with E-state index in [-0.39, 0.29) is 0 Å². The topological polar surface area (TPSA) is 27.3 Å². The zero-order valence-corrected chi connectivity index (χ0v) is 8.59. The third kappa shape index (κ3) is 1.97. The smallest absolute Gasteiger partial charge is 0.0373 e. The molecule has 72 valence electrons. The Morgan fingerprint density at radius 3 is 2.50 bits per heavy atom. The molecule has 1 heterocycles. The van der Waals surface area contributed by atoms with Crippen LogP contribution in [0.15, 0.2) is 0 Å². The highest BCUT2D eigenvalue weighted by Gasteiger charge is 2.30. The maximum atomic E-state index is 3.48. The molecule has 1 fully saturated rings. The zero-order valence-electron chi connectivity index (χ0n) is 8.59. The zero-order chi connectivity index (χ0) is 9.14. The lowest BCUT2D eigenvalue weighted by Crippen LogP contribution is -2.60. The molecule has 1 saturated heterocycles. The SMILES string of the molecule is CNC1C(C)NCCC1N(C)C. The maximum Gasteiger partial charge on any atom is 0.0373 e. The Hall–Kier alpha value is -0.120. The predicted octanol–water partition coefficient (Wildman–Crippen LogP) is -0.114. The molecule has 12 heavy (non-hydrogen) atoms. The molecule has 0 radical (unpaired) electrons. The molecule has 3 nitrogen and oxygen atoms in total. The summed E-state index contributed by atoms with van der Waals surface area (Å²) in [5.41, 5.74) is 0. The fourth-order valence-corrected chi connectivity index (χ4v) is 2.12. The molecule has 0 saturated carbocycles. The molecule has 0 amide bonds. The quantitative estimate of drug-likeness (QED) is 0.607. The highest BCUT2D eigenvalue weighted by molar-refractivity contribution is 4.93. The Labute approximate surface area is 75.5 Å². The van der Waals surface area contributed by atoms with Gasteiger partial charge in [0.1, 0.15) is 0 Å². The molecule has 0 aliphatic carbocycles. The molecule has 3 unspecified atom stereocenters. The highest BCUT2D eigenvalue weighted by Crippen LogP contribution is 2.13. The number of hydrogen-bond acceptors (Lipinski definition) is 3. The van der Waals surface area contributed by atoms with Gasteiger partial charge in [0.2, 0.25) is 0 Å². The Balaban J connectivity index is 2.57. The van der Waals surface area contributed by atoms with Crippen molar-refractivity contribution in [2.45, 2.75) is 31.5 Å². The Morgan fingerprint density at radius 2 is 2.08 bits per heavy atom. The van der Waals surface area contributed by atoms with E-state index in [2.05, 4.69) is 36.6 Å². The van der Waals surface area contributed by atoms with Crippen LogP contribution >= 0.6 is 0 Å². The van der Waals surface area contributed by atoms with E-state index in [4.69, 9.17) is 0 Å². The van der Waals surface area contributed by atoms with E-state index in [1.54, 1.807) is 0 Å². The van der Waals surface area contributed by atoms with Crippen molar-refractivity contribution in [2.24, 2.45) is 0 Å². The molecule has 1 aliphatic heterocycles. The second kappa shape index (κ2) is 4.21. The molecule has 3 atom stereocenters. The van der Waals surface area contributed by atoms with Gasteiger partial charge in [-0.1, -0.05) is 0 Å². The van der Waals surface area contributed by atoms with Gasteiger partial charge in [-0.2, -0.15) is 0 Å². The molecular weight excluding hydrogens is 150 g/mol. The normalized spacial score (nSPS) is 37.2. The lowest BCUT2D eigenvalue weighted by Gasteiger charge is -2.40. The van der Waals surface area contributed by atoms with Crippen LogP contribution in [0.4, 0.5) is 0 Å². The van der Waals surface area contributed by atoms with Crippen LogP contribution in [0.5, 0.6) is 0 Å². The number of nitrogens with zero attached hydrogens (tertiary/aromatic N) is 1. The molecule has 0 aromatic rings. The average molecular weight is 171 g/mol. The Bertz CT molecular complexity index is 136. The van der Waals surface area contributed by atoms with Crippen molar-refractivity contribution >= 4 is 0 Å². The summed E-state index contributed by atoms with van der Waals surface area (Å²) >= 11 is 0. The van der Waals surface area contributed by atoms with E-state index in [9.17, 15) is 0 Å². The second-order valence-corrected chi connectivity index (χ2v) is 3.88. The van der Waals surface area contributed by atoms with Crippen molar-refractivity contribution in [1.29, 1.82) is 0 Å². The molecule has 0 spiro atoms. The van der Waals surface area contributed by atoms with Gasteiger partial charge in [0.25, 0.3) is 0 Å². The summed E-state index contributed by atoms with van der Waals surface area (Å²) < 4.78 is 0. The summed E-state index contributed by atoms with van der Waals surface area (Å²) in [5, 5.41) is 6.86. The van der Waals surface area contributed by atoms with E-state index in [0.717, 1.165) is 6.54 Å². The highest BCUT2D eigenvalue weighted by atomic mass is 15.2. The maximum absolute atomic E-state index is 3.48. The molecule has 0 aromatic carbocycles. The summed E-state index contributed by atoms with van der Waals surface area (Å²) in [7, 11) is 6.37. The van der Waals surface area contributed by atoms with E-state index < -0.39 is 0 Å². The van der Waals surface area contributed by atoms with Crippen LogP contribution < -0.4 is 10.6 Å². The van der Waals surface area contributed by atoms with E-state index in [0.29, 0.717) is 18.1 Å². The number of hydrogen-bond donors (Lipinski definition) is 2. The third-order valence-electron chi connectivity index (χ3n) is 2.86. The van der Waals surface area contributed by atoms with Crippen molar-refractivity contribution in [2.75, 3.05) is 27.7 Å². The van der Waals surface area contributed by atoms with Gasteiger partial charge < -0.3 is 15.5 Å². The Morgan fingerprint density at radius 1 is 1.42 bits per heavy atom. The lowest BCUT2D eigenvalue weighted by molar-refractivity contribution is 0.163. The first kappa shape index (κ1) is 9.96. The van der Waals surface area contributed by atoms with E-state index >= 15 is 0 Å². The average Bonchev–Trinajstić information content (AvgIpc) is 2.03. The minimum absolute atomic E-state index is 0.578. The summed E-state index contributed by atoms with van der Waals surface area (Å²) in [5.74, 6) is 0. The van der Waals surface area contributed by atoms with Gasteiger partial charge >= 0.3 is 0 Å². The fourth-order valence-electron chi connectivity index (χ4n) is 2.12. The molecule has 2 N–H and O–H groups in total. The van der Waals surface area contributed by atoms with Gasteiger partial charge in [0.05, 0.1) is 0 Å². The number of nitrogens with one attached hydrogen (secondary N) is 2. The van der Waals surface area contributed by atoms with Crippen molar-refractivity contribution in [3.8, 4) is 0 Å². The number of likely N-dealkylation sites (N-methyl/N-ethyl adjacent to an activating group) is 2. The predicted molar refractivity (Wildman–Crippen MR) is 52.4 cm³/mol. The molecule has 0 aromatic heterocycles. The minimum Gasteiger partial charge on any atom is -0.314 e. The summed E-state index contributed by atoms with van der Waals surface area (Å²) in [6, 6.07) is 1.83. The first-order valence-corrected chi connectivity index (χ1v) is 4.74. The molecule has 1 rings (SSSR count). The second-order valence-electron chi connectivity index (χ2n) is 3.88. The summed E-state index contributed by atoms with van der Waals surface area (Å²) in [6.45, 7) is 3.39. The van der Waals surface area contributed by atoms with Crippen LogP contribution in [0.1, 0.15) is 13.3 Å². The van der Waals surface area contributed by atoms with Crippen molar-refractivity contribution in [3.63, 3.8) is 0 Å². The first-order chi connectivity index (χ1) is 5.66. The van der Waals surface area contributed by atoms with Gasteiger partial charge in [-0.3, -0.25) is 0 Å². The third-order valence-corrected chi connectivity index (χ3v) is 2.86.